The van der Waals surface area contributed by atoms with Crippen LogP contribution in [0.4, 0.5) is 0 Å². The number of carbonyl (C=O) groups excluding carboxylic acids is 1. The number of benzene rings is 1. The predicted molar refractivity (Wildman–Crippen MR) is 115 cm³/mol. The Morgan fingerprint density at radius 3 is 2.68 bits per heavy atom. The van der Waals surface area contributed by atoms with Crippen LogP contribution in [0.3, 0.4) is 0 Å². The number of aryl methyl sites for hydroxylation is 1. The van der Waals surface area contributed by atoms with Crippen molar-refractivity contribution in [1.29, 1.82) is 5.26 Å². The van der Waals surface area contributed by atoms with Crippen molar-refractivity contribution in [2.75, 3.05) is 5.75 Å². The zero-order valence-electron chi connectivity index (χ0n) is 16.3. The average molecular weight is 411 g/mol. The second kappa shape index (κ2) is 8.29. The van der Waals surface area contributed by atoms with E-state index in [0.29, 0.717) is 0 Å². The van der Waals surface area contributed by atoms with Crippen molar-refractivity contribution in [2.24, 2.45) is 5.92 Å². The number of hydrogen-bond donors (Lipinski definition) is 1. The first-order valence-electron chi connectivity index (χ1n) is 8.98. The number of carbonyl (C=O) groups is 1. The Balaban J connectivity index is 1.84. The summed E-state index contributed by atoms with van der Waals surface area (Å²) >= 11 is 2.94. The van der Waals surface area contributed by atoms with E-state index in [1.807, 2.05) is 13.8 Å². The number of amides is 1. The summed E-state index contributed by atoms with van der Waals surface area (Å²) in [6.07, 6.45) is 1.53. The molecule has 144 valence electrons. The Morgan fingerprint density at radius 2 is 2.04 bits per heavy atom. The highest BCUT2D eigenvalue weighted by atomic mass is 32.2. The second-order valence-corrected chi connectivity index (χ2v) is 9.00. The van der Waals surface area contributed by atoms with Crippen LogP contribution in [0.1, 0.15) is 26.3 Å². The van der Waals surface area contributed by atoms with Crippen molar-refractivity contribution >= 4 is 39.2 Å². The van der Waals surface area contributed by atoms with Gasteiger partial charge in [0.25, 0.3) is 0 Å². The molecule has 0 spiro atoms. The lowest BCUT2D eigenvalue weighted by Gasteiger charge is -2.27. The lowest BCUT2D eigenvalue weighted by Crippen LogP contribution is -2.49. The van der Waals surface area contributed by atoms with Gasteiger partial charge in [-0.3, -0.25) is 4.79 Å². The van der Waals surface area contributed by atoms with E-state index in [1.54, 1.807) is 18.3 Å². The van der Waals surface area contributed by atoms with E-state index in [1.165, 1.54) is 23.7 Å². The van der Waals surface area contributed by atoms with E-state index >= 15 is 0 Å². The minimum Gasteiger partial charge on any atom is -0.337 e. The molecule has 2 heterocycles. The van der Waals surface area contributed by atoms with Gasteiger partial charge in [0.1, 0.15) is 21.7 Å². The highest BCUT2D eigenvalue weighted by molar-refractivity contribution is 8.00. The number of fused-ring (bicyclic) bond motifs is 1. The summed E-state index contributed by atoms with van der Waals surface area (Å²) in [4.78, 5) is 22.1. The number of nitrogens with one attached hydrogen (secondary N) is 1. The lowest BCUT2D eigenvalue weighted by molar-refractivity contribution is -0.120. The third-order valence-electron chi connectivity index (χ3n) is 4.82. The molecule has 5 nitrogen and oxygen atoms in total. The van der Waals surface area contributed by atoms with E-state index < -0.39 is 5.54 Å². The molecule has 1 aromatic carbocycles. The van der Waals surface area contributed by atoms with Crippen LogP contribution in [0.15, 0.2) is 41.0 Å². The number of thioether (sulfide) groups is 1. The number of thiophene rings is 1. The van der Waals surface area contributed by atoms with Gasteiger partial charge in [-0.1, -0.05) is 55.4 Å². The molecule has 1 atom stereocenters. The number of aromatic nitrogens is 2. The first-order chi connectivity index (χ1) is 13.3. The summed E-state index contributed by atoms with van der Waals surface area (Å²) in [6, 6.07) is 10.5. The molecule has 0 unspecified atom stereocenters. The number of nitrogens with zero attached hydrogens (tertiary/aromatic N) is 3. The molecule has 0 bridgehead atoms. The molecule has 0 fully saturated rings. The molecular formula is C21H22N4OS2. The summed E-state index contributed by atoms with van der Waals surface area (Å²) in [6.45, 7) is 7.65. The molecule has 0 aliphatic rings. The number of nitriles is 1. The first-order valence-corrected chi connectivity index (χ1v) is 10.8. The molecule has 0 radical (unpaired) electrons. The summed E-state index contributed by atoms with van der Waals surface area (Å²) in [5.41, 5.74) is 2.51. The molecule has 2 aromatic heterocycles. The second-order valence-electron chi connectivity index (χ2n) is 7.18. The molecule has 3 aromatic rings. The standard InChI is InChI=1S/C21H22N4OS2/c1-13(2)21(4,11-22)25-17(26)10-28-20-18-16(9-27-19(18)23-12-24-20)15-7-5-14(3)6-8-15/h5-9,12-13H,10H2,1-4H3,(H,25,26)/t21-/m0/s1. The summed E-state index contributed by atoms with van der Waals surface area (Å²) < 4.78 is 0. The Hall–Kier alpha value is -2.43. The van der Waals surface area contributed by atoms with Gasteiger partial charge in [-0.05, 0) is 25.3 Å². The normalized spacial score (nSPS) is 13.3. The number of hydrogen-bond acceptors (Lipinski definition) is 6. The SMILES string of the molecule is Cc1ccc(-c2csc3ncnc(SCC(=O)N[C@@](C)(C#N)C(C)C)c23)cc1. The maximum Gasteiger partial charge on any atom is 0.231 e. The van der Waals surface area contributed by atoms with Crippen molar-refractivity contribution in [2.45, 2.75) is 38.3 Å². The maximum atomic E-state index is 12.4. The zero-order valence-corrected chi connectivity index (χ0v) is 17.9. The van der Waals surface area contributed by atoms with E-state index in [4.69, 9.17) is 0 Å². The summed E-state index contributed by atoms with van der Waals surface area (Å²) in [7, 11) is 0. The highest BCUT2D eigenvalue weighted by Crippen LogP contribution is 2.37. The topological polar surface area (TPSA) is 78.7 Å². The molecule has 0 saturated carbocycles. The fourth-order valence-corrected chi connectivity index (χ4v) is 4.46. The fraction of sp³-hybridized carbons (Fsp3) is 0.333. The van der Waals surface area contributed by atoms with Gasteiger partial charge in [0.05, 0.1) is 17.2 Å². The molecular weight excluding hydrogens is 388 g/mol. The van der Waals surface area contributed by atoms with Gasteiger partial charge in [0, 0.05) is 10.9 Å². The van der Waals surface area contributed by atoms with Crippen LogP contribution in [0.25, 0.3) is 21.3 Å². The molecule has 28 heavy (non-hydrogen) atoms. The average Bonchev–Trinajstić information content (AvgIpc) is 3.11. The highest BCUT2D eigenvalue weighted by Gasteiger charge is 2.30. The molecule has 7 heteroatoms. The zero-order chi connectivity index (χ0) is 20.3. The van der Waals surface area contributed by atoms with E-state index in [2.05, 4.69) is 57.9 Å². The van der Waals surface area contributed by atoms with E-state index in [-0.39, 0.29) is 17.6 Å². The van der Waals surface area contributed by atoms with Crippen molar-refractivity contribution in [3.8, 4) is 17.2 Å². The minimum absolute atomic E-state index is 0.0159. The summed E-state index contributed by atoms with van der Waals surface area (Å²) in [5, 5.41) is 16.1. The Kier molecular flexibility index (Phi) is 6.01. The van der Waals surface area contributed by atoms with Crippen LogP contribution in [-0.2, 0) is 4.79 Å². The van der Waals surface area contributed by atoms with Gasteiger partial charge in [0.2, 0.25) is 5.91 Å². The summed E-state index contributed by atoms with van der Waals surface area (Å²) in [5.74, 6) is 0.0306. The van der Waals surface area contributed by atoms with E-state index in [0.717, 1.165) is 26.4 Å². The molecule has 0 aliphatic heterocycles. The van der Waals surface area contributed by atoms with Crippen LogP contribution < -0.4 is 5.32 Å². The maximum absolute atomic E-state index is 12.4. The van der Waals surface area contributed by atoms with Crippen LogP contribution in [-0.4, -0.2) is 27.2 Å². The smallest absolute Gasteiger partial charge is 0.231 e. The van der Waals surface area contributed by atoms with Crippen molar-refractivity contribution in [3.63, 3.8) is 0 Å². The van der Waals surface area contributed by atoms with Crippen LogP contribution in [0.2, 0.25) is 0 Å². The molecule has 3 rings (SSSR count). The molecule has 1 N–H and O–H groups in total. The molecule has 0 aliphatic carbocycles. The van der Waals surface area contributed by atoms with E-state index in [9.17, 15) is 10.1 Å². The van der Waals surface area contributed by atoms with Crippen molar-refractivity contribution in [3.05, 3.63) is 41.5 Å². The van der Waals surface area contributed by atoms with Gasteiger partial charge in [-0.15, -0.1) is 11.3 Å². The lowest BCUT2D eigenvalue weighted by atomic mass is 9.90. The van der Waals surface area contributed by atoms with Crippen LogP contribution in [0, 0.1) is 24.2 Å². The van der Waals surface area contributed by atoms with Gasteiger partial charge < -0.3 is 5.32 Å². The minimum atomic E-state index is -0.881. The fourth-order valence-electron chi connectivity index (χ4n) is 2.66. The van der Waals surface area contributed by atoms with Gasteiger partial charge in [-0.25, -0.2) is 9.97 Å². The first kappa shape index (κ1) is 20.3. The monoisotopic (exact) mass is 410 g/mol. The Morgan fingerprint density at radius 1 is 1.32 bits per heavy atom. The largest absolute Gasteiger partial charge is 0.337 e. The Labute approximate surface area is 173 Å². The van der Waals surface area contributed by atoms with Gasteiger partial charge in [-0.2, -0.15) is 5.26 Å². The van der Waals surface area contributed by atoms with Crippen LogP contribution >= 0.6 is 23.1 Å². The third-order valence-corrected chi connectivity index (χ3v) is 6.70. The quantitative estimate of drug-likeness (QED) is 0.466. The van der Waals surface area contributed by atoms with Gasteiger partial charge >= 0.3 is 0 Å². The van der Waals surface area contributed by atoms with Crippen molar-refractivity contribution in [1.82, 2.24) is 15.3 Å². The van der Waals surface area contributed by atoms with Crippen LogP contribution in [0.5, 0.6) is 0 Å². The molecule has 0 saturated heterocycles. The molecule has 1 amide bonds. The number of rotatable bonds is 6. The third kappa shape index (κ3) is 4.18. The van der Waals surface area contributed by atoms with Gasteiger partial charge in [0.15, 0.2) is 0 Å². The predicted octanol–water partition coefficient (Wildman–Crippen LogP) is 4.81. The van der Waals surface area contributed by atoms with Crippen molar-refractivity contribution < 1.29 is 4.79 Å². The Bertz CT molecular complexity index is 1040.